The number of benzene rings is 2. The summed E-state index contributed by atoms with van der Waals surface area (Å²) in [6, 6.07) is 12.8. The van der Waals surface area contributed by atoms with E-state index in [0.717, 1.165) is 10.0 Å². The van der Waals surface area contributed by atoms with Crippen molar-refractivity contribution in [3.63, 3.8) is 0 Å². The largest absolute Gasteiger partial charge is 0.434 e. The number of hydrogen-bond acceptors (Lipinski definition) is 4. The number of hydrogen-bond donors (Lipinski definition) is 1. The van der Waals surface area contributed by atoms with E-state index in [1.165, 1.54) is 0 Å². The molecular formula is C14H8BrN3O. The average molecular weight is 314 g/mol. The van der Waals surface area contributed by atoms with Gasteiger partial charge in [-0.2, -0.15) is 5.26 Å². The molecule has 0 fully saturated rings. The topological polar surface area (TPSA) is 75.8 Å². The van der Waals surface area contributed by atoms with Crippen LogP contribution in [-0.2, 0) is 0 Å². The van der Waals surface area contributed by atoms with Gasteiger partial charge >= 0.3 is 0 Å². The summed E-state index contributed by atoms with van der Waals surface area (Å²) in [4.78, 5) is 4.39. The van der Waals surface area contributed by atoms with Gasteiger partial charge in [0, 0.05) is 10.0 Å². The Labute approximate surface area is 117 Å². The van der Waals surface area contributed by atoms with E-state index in [1.807, 2.05) is 12.1 Å². The maximum atomic E-state index is 8.90. The van der Waals surface area contributed by atoms with Gasteiger partial charge in [-0.25, -0.2) is 4.98 Å². The molecule has 0 aliphatic heterocycles. The Balaban J connectivity index is 2.21. The predicted molar refractivity (Wildman–Crippen MR) is 76.3 cm³/mol. The lowest BCUT2D eigenvalue weighted by Gasteiger charge is -1.95. The van der Waals surface area contributed by atoms with Crippen molar-refractivity contribution >= 4 is 32.7 Å². The number of halogens is 1. The summed E-state index contributed by atoms with van der Waals surface area (Å²) in [7, 11) is 0. The first-order chi connectivity index (χ1) is 9.17. The number of anilines is 1. The summed E-state index contributed by atoms with van der Waals surface area (Å²) in [6.07, 6.45) is 0. The molecule has 2 N–H and O–H groups in total. The third-order valence-corrected chi connectivity index (χ3v) is 3.18. The van der Waals surface area contributed by atoms with Gasteiger partial charge in [-0.15, -0.1) is 0 Å². The van der Waals surface area contributed by atoms with E-state index in [2.05, 4.69) is 27.0 Å². The van der Waals surface area contributed by atoms with E-state index in [4.69, 9.17) is 15.4 Å². The maximum absolute atomic E-state index is 8.90. The molecule has 5 heteroatoms. The second-order valence-electron chi connectivity index (χ2n) is 4.05. The molecule has 0 saturated carbocycles. The number of nitriles is 1. The van der Waals surface area contributed by atoms with E-state index in [0.29, 0.717) is 28.2 Å². The van der Waals surface area contributed by atoms with Crippen molar-refractivity contribution in [1.29, 1.82) is 5.26 Å². The van der Waals surface area contributed by atoms with Crippen LogP contribution < -0.4 is 5.73 Å². The Morgan fingerprint density at radius 2 is 2.11 bits per heavy atom. The monoisotopic (exact) mass is 313 g/mol. The van der Waals surface area contributed by atoms with Crippen LogP contribution in [0, 0.1) is 11.3 Å². The van der Waals surface area contributed by atoms with Gasteiger partial charge in [0.25, 0.3) is 0 Å². The number of fused-ring (bicyclic) bond motifs is 1. The Morgan fingerprint density at radius 3 is 2.89 bits per heavy atom. The van der Waals surface area contributed by atoms with Crippen LogP contribution in [0.2, 0.25) is 0 Å². The molecule has 2 aromatic carbocycles. The predicted octanol–water partition coefficient (Wildman–Crippen LogP) is 3.71. The lowest BCUT2D eigenvalue weighted by Crippen LogP contribution is -1.84. The van der Waals surface area contributed by atoms with E-state index in [9.17, 15) is 0 Å². The van der Waals surface area contributed by atoms with Gasteiger partial charge in [0.05, 0.1) is 17.3 Å². The minimum Gasteiger partial charge on any atom is -0.434 e. The van der Waals surface area contributed by atoms with Gasteiger partial charge in [-0.1, -0.05) is 22.0 Å². The summed E-state index contributed by atoms with van der Waals surface area (Å²) in [5.41, 5.74) is 8.98. The molecule has 0 amide bonds. The van der Waals surface area contributed by atoms with Crippen LogP contribution in [-0.4, -0.2) is 4.98 Å². The molecule has 1 heterocycles. The Morgan fingerprint density at radius 1 is 1.26 bits per heavy atom. The number of aromatic nitrogens is 1. The normalized spacial score (nSPS) is 10.5. The lowest BCUT2D eigenvalue weighted by atomic mass is 10.1. The van der Waals surface area contributed by atoms with Crippen molar-refractivity contribution in [2.24, 2.45) is 0 Å². The van der Waals surface area contributed by atoms with Crippen LogP contribution in [0.5, 0.6) is 0 Å². The molecule has 0 aliphatic carbocycles. The second-order valence-corrected chi connectivity index (χ2v) is 4.97. The molecule has 0 saturated heterocycles. The first kappa shape index (κ1) is 11.8. The van der Waals surface area contributed by atoms with E-state index in [1.54, 1.807) is 24.3 Å². The molecule has 4 nitrogen and oxygen atoms in total. The molecule has 0 unspecified atom stereocenters. The maximum Gasteiger partial charge on any atom is 0.227 e. The highest BCUT2D eigenvalue weighted by Crippen LogP contribution is 2.30. The number of oxazole rings is 1. The molecule has 19 heavy (non-hydrogen) atoms. The van der Waals surface area contributed by atoms with Crippen molar-refractivity contribution in [2.75, 3.05) is 5.73 Å². The zero-order chi connectivity index (χ0) is 13.4. The van der Waals surface area contributed by atoms with Crippen LogP contribution in [0.1, 0.15) is 5.56 Å². The van der Waals surface area contributed by atoms with Crippen molar-refractivity contribution in [3.05, 3.63) is 46.4 Å². The molecule has 0 bridgehead atoms. The highest BCUT2D eigenvalue weighted by molar-refractivity contribution is 9.10. The zero-order valence-corrected chi connectivity index (χ0v) is 11.3. The van der Waals surface area contributed by atoms with Gasteiger partial charge in [0.2, 0.25) is 5.89 Å². The number of rotatable bonds is 1. The third-order valence-electron chi connectivity index (χ3n) is 2.72. The van der Waals surface area contributed by atoms with Crippen LogP contribution in [0.15, 0.2) is 45.3 Å². The first-order valence-electron chi connectivity index (χ1n) is 5.53. The van der Waals surface area contributed by atoms with E-state index < -0.39 is 0 Å². The second kappa shape index (κ2) is 4.41. The minimum atomic E-state index is 0.455. The highest BCUT2D eigenvalue weighted by Gasteiger charge is 2.11. The van der Waals surface area contributed by atoms with E-state index >= 15 is 0 Å². The molecule has 0 atom stereocenters. The number of nitrogen functional groups attached to an aromatic ring is 1. The fraction of sp³-hybridized carbons (Fsp3) is 0. The van der Waals surface area contributed by atoms with Gasteiger partial charge in [0.15, 0.2) is 5.58 Å². The quantitative estimate of drug-likeness (QED) is 0.695. The third kappa shape index (κ3) is 2.07. The van der Waals surface area contributed by atoms with Gasteiger partial charge < -0.3 is 10.2 Å². The summed E-state index contributed by atoms with van der Waals surface area (Å²) in [6.45, 7) is 0. The van der Waals surface area contributed by atoms with Crippen molar-refractivity contribution < 1.29 is 4.42 Å². The minimum absolute atomic E-state index is 0.455. The van der Waals surface area contributed by atoms with Gasteiger partial charge in [-0.05, 0) is 30.3 Å². The fourth-order valence-corrected chi connectivity index (χ4v) is 2.33. The molecule has 92 valence electrons. The van der Waals surface area contributed by atoms with Gasteiger partial charge in [-0.3, -0.25) is 0 Å². The molecule has 3 aromatic rings. The van der Waals surface area contributed by atoms with Crippen LogP contribution in [0.25, 0.3) is 22.6 Å². The Hall–Kier alpha value is -2.32. The molecule has 1 aromatic heterocycles. The lowest BCUT2D eigenvalue weighted by molar-refractivity contribution is 0.621. The summed E-state index contributed by atoms with van der Waals surface area (Å²) >= 11 is 3.37. The molecule has 3 rings (SSSR count). The number of nitrogens with zero attached hydrogens (tertiary/aromatic N) is 2. The molecule has 0 aliphatic rings. The molecule has 0 spiro atoms. The van der Waals surface area contributed by atoms with Crippen LogP contribution in [0.3, 0.4) is 0 Å². The molecule has 0 radical (unpaired) electrons. The van der Waals surface area contributed by atoms with E-state index in [-0.39, 0.29) is 0 Å². The van der Waals surface area contributed by atoms with Crippen LogP contribution >= 0.6 is 15.9 Å². The summed E-state index contributed by atoms with van der Waals surface area (Å²) in [5, 5.41) is 8.90. The van der Waals surface area contributed by atoms with Crippen molar-refractivity contribution in [2.45, 2.75) is 0 Å². The van der Waals surface area contributed by atoms with Crippen LogP contribution in [0.4, 0.5) is 5.69 Å². The highest BCUT2D eigenvalue weighted by atomic mass is 79.9. The Bertz CT molecular complexity index is 817. The summed E-state index contributed by atoms with van der Waals surface area (Å²) in [5.74, 6) is 0.455. The number of nitrogens with two attached hydrogens (primary N) is 1. The van der Waals surface area contributed by atoms with Crippen molar-refractivity contribution in [3.8, 4) is 17.5 Å². The Kier molecular flexibility index (Phi) is 2.73. The van der Waals surface area contributed by atoms with Gasteiger partial charge in [0.1, 0.15) is 5.52 Å². The zero-order valence-electron chi connectivity index (χ0n) is 9.72. The first-order valence-corrected chi connectivity index (χ1v) is 6.33. The smallest absolute Gasteiger partial charge is 0.227 e. The fourth-order valence-electron chi connectivity index (χ4n) is 1.87. The summed E-state index contributed by atoms with van der Waals surface area (Å²) < 4.78 is 6.52. The van der Waals surface area contributed by atoms with Crippen molar-refractivity contribution in [1.82, 2.24) is 4.98 Å². The molecular weight excluding hydrogens is 306 g/mol. The SMILES string of the molecule is N#Cc1cccc(-c2nc3cc(Br)cc(N)c3o2)c1. The standard InChI is InChI=1S/C14H8BrN3O/c15-10-5-11(17)13-12(6-10)18-14(19-13)9-3-1-2-8(4-9)7-16/h1-6H,17H2. The average Bonchev–Trinajstić information content (AvgIpc) is 2.83.